The number of aliphatic imine (C=N–C) groups is 1. The predicted octanol–water partition coefficient (Wildman–Crippen LogP) is 4.17. The highest BCUT2D eigenvalue weighted by atomic mass is 127. The van der Waals surface area contributed by atoms with Crippen molar-refractivity contribution in [2.24, 2.45) is 12.0 Å². The molecule has 30 heavy (non-hydrogen) atoms. The molecular weight excluding hydrogens is 487 g/mol. The molecule has 1 N–H and O–H groups in total. The maximum Gasteiger partial charge on any atom is 0.194 e. The van der Waals surface area contributed by atoms with Crippen LogP contribution in [0, 0.1) is 6.92 Å². The van der Waals surface area contributed by atoms with E-state index < -0.39 is 0 Å². The molecule has 7 heteroatoms. The van der Waals surface area contributed by atoms with Gasteiger partial charge in [0.25, 0.3) is 0 Å². The van der Waals surface area contributed by atoms with Gasteiger partial charge in [-0.3, -0.25) is 4.99 Å². The van der Waals surface area contributed by atoms with Crippen LogP contribution < -0.4 is 5.32 Å². The van der Waals surface area contributed by atoms with Gasteiger partial charge in [-0.25, -0.2) is 4.68 Å². The van der Waals surface area contributed by atoms with Crippen LogP contribution in [0.1, 0.15) is 30.3 Å². The Hall–Kier alpha value is -2.29. The maximum atomic E-state index is 4.83. The van der Waals surface area contributed by atoms with Crippen LogP contribution in [0.15, 0.2) is 59.9 Å². The van der Waals surface area contributed by atoms with E-state index in [4.69, 9.17) is 4.99 Å². The highest BCUT2D eigenvalue weighted by Crippen LogP contribution is 2.13. The molecule has 0 saturated carbocycles. The Morgan fingerprint density at radius 1 is 1.17 bits per heavy atom. The van der Waals surface area contributed by atoms with Gasteiger partial charge in [-0.05, 0) is 56.5 Å². The Morgan fingerprint density at radius 3 is 2.60 bits per heavy atom. The molecule has 0 bridgehead atoms. The van der Waals surface area contributed by atoms with E-state index in [0.717, 1.165) is 49.8 Å². The van der Waals surface area contributed by atoms with Gasteiger partial charge in [0, 0.05) is 45.3 Å². The van der Waals surface area contributed by atoms with E-state index in [0.29, 0.717) is 0 Å². The SMILES string of the molecule is CCNC(=NCCCc1cn(-c2ccccc2)nc1C)N(C)Cc1cccn1C.I. The van der Waals surface area contributed by atoms with Crippen molar-refractivity contribution in [1.82, 2.24) is 24.6 Å². The summed E-state index contributed by atoms with van der Waals surface area (Å²) in [6.07, 6.45) is 6.18. The first-order valence-electron chi connectivity index (χ1n) is 10.3. The summed E-state index contributed by atoms with van der Waals surface area (Å²) in [5.41, 5.74) is 4.73. The minimum absolute atomic E-state index is 0. The summed E-state index contributed by atoms with van der Waals surface area (Å²) in [7, 11) is 4.16. The summed E-state index contributed by atoms with van der Waals surface area (Å²) in [4.78, 5) is 7.01. The number of rotatable bonds is 8. The predicted molar refractivity (Wildman–Crippen MR) is 135 cm³/mol. The second-order valence-electron chi connectivity index (χ2n) is 7.33. The van der Waals surface area contributed by atoms with Crippen LogP contribution in [0.5, 0.6) is 0 Å². The number of benzene rings is 1. The zero-order chi connectivity index (χ0) is 20.6. The summed E-state index contributed by atoms with van der Waals surface area (Å²) in [5, 5.41) is 8.06. The van der Waals surface area contributed by atoms with E-state index in [1.165, 1.54) is 11.3 Å². The molecule has 0 aliphatic rings. The third kappa shape index (κ3) is 6.35. The molecule has 162 valence electrons. The van der Waals surface area contributed by atoms with Crippen molar-refractivity contribution in [2.75, 3.05) is 20.1 Å². The molecule has 2 aromatic heterocycles. The fourth-order valence-electron chi connectivity index (χ4n) is 3.36. The molecule has 0 fully saturated rings. The van der Waals surface area contributed by atoms with Crippen molar-refractivity contribution in [1.29, 1.82) is 0 Å². The van der Waals surface area contributed by atoms with Gasteiger partial charge in [0.2, 0.25) is 0 Å². The molecule has 0 atom stereocenters. The van der Waals surface area contributed by atoms with E-state index in [2.05, 4.69) is 84.5 Å². The smallest absolute Gasteiger partial charge is 0.194 e. The average Bonchev–Trinajstić information content (AvgIpc) is 3.30. The number of nitrogens with one attached hydrogen (secondary N) is 1. The summed E-state index contributed by atoms with van der Waals surface area (Å²) in [5.74, 6) is 0.949. The number of aryl methyl sites for hydroxylation is 3. The lowest BCUT2D eigenvalue weighted by molar-refractivity contribution is 0.461. The molecule has 0 unspecified atom stereocenters. The van der Waals surface area contributed by atoms with Gasteiger partial charge in [0.15, 0.2) is 5.96 Å². The average molecular weight is 520 g/mol. The van der Waals surface area contributed by atoms with Crippen molar-refractivity contribution in [3.63, 3.8) is 0 Å². The highest BCUT2D eigenvalue weighted by Gasteiger charge is 2.09. The van der Waals surface area contributed by atoms with Crippen LogP contribution >= 0.6 is 24.0 Å². The number of aromatic nitrogens is 3. The molecule has 2 heterocycles. The van der Waals surface area contributed by atoms with Crippen molar-refractivity contribution < 1.29 is 0 Å². The largest absolute Gasteiger partial charge is 0.357 e. The van der Waals surface area contributed by atoms with Crippen LogP contribution in [0.4, 0.5) is 0 Å². The molecule has 6 nitrogen and oxygen atoms in total. The zero-order valence-electron chi connectivity index (χ0n) is 18.4. The number of halogens is 1. The van der Waals surface area contributed by atoms with E-state index in [1.54, 1.807) is 0 Å². The molecule has 0 aliphatic carbocycles. The monoisotopic (exact) mass is 520 g/mol. The van der Waals surface area contributed by atoms with E-state index in [1.807, 2.05) is 22.9 Å². The van der Waals surface area contributed by atoms with Crippen LogP contribution in [-0.2, 0) is 20.0 Å². The molecule has 3 rings (SSSR count). The third-order valence-corrected chi connectivity index (χ3v) is 5.03. The van der Waals surface area contributed by atoms with Gasteiger partial charge in [-0.2, -0.15) is 5.10 Å². The first-order valence-corrected chi connectivity index (χ1v) is 10.3. The Balaban J connectivity index is 0.00000320. The molecular formula is C23H33IN6. The van der Waals surface area contributed by atoms with Crippen molar-refractivity contribution in [3.05, 3.63) is 71.8 Å². The lowest BCUT2D eigenvalue weighted by Crippen LogP contribution is -2.38. The van der Waals surface area contributed by atoms with E-state index in [-0.39, 0.29) is 24.0 Å². The molecule has 0 saturated heterocycles. The van der Waals surface area contributed by atoms with Crippen molar-refractivity contribution in [2.45, 2.75) is 33.2 Å². The molecule has 1 aromatic carbocycles. The van der Waals surface area contributed by atoms with Gasteiger partial charge >= 0.3 is 0 Å². The zero-order valence-corrected chi connectivity index (χ0v) is 20.7. The summed E-state index contributed by atoms with van der Waals surface area (Å²) < 4.78 is 4.11. The third-order valence-electron chi connectivity index (χ3n) is 5.03. The van der Waals surface area contributed by atoms with E-state index >= 15 is 0 Å². The first-order chi connectivity index (χ1) is 14.1. The van der Waals surface area contributed by atoms with Crippen molar-refractivity contribution >= 4 is 29.9 Å². The molecule has 0 spiro atoms. The van der Waals surface area contributed by atoms with E-state index in [9.17, 15) is 0 Å². The summed E-state index contributed by atoms with van der Waals surface area (Å²) >= 11 is 0. The number of nitrogens with zero attached hydrogens (tertiary/aromatic N) is 5. The summed E-state index contributed by atoms with van der Waals surface area (Å²) in [6, 6.07) is 14.5. The standard InChI is InChI=1S/C23H32N6.HI/c1-5-24-23(28(4)18-22-14-10-16-27(22)3)25-15-9-11-20-17-29(26-19(20)2)21-12-7-6-8-13-21;/h6-8,10,12-14,16-17H,5,9,11,15,18H2,1-4H3,(H,24,25);1H. The van der Waals surface area contributed by atoms with Crippen LogP contribution in [0.2, 0.25) is 0 Å². The van der Waals surface area contributed by atoms with Crippen LogP contribution in [0.3, 0.4) is 0 Å². The minimum Gasteiger partial charge on any atom is -0.357 e. The Labute approximate surface area is 197 Å². The Kier molecular flexibility index (Phi) is 9.42. The molecule has 0 amide bonds. The maximum absolute atomic E-state index is 4.83. The fourth-order valence-corrected chi connectivity index (χ4v) is 3.36. The highest BCUT2D eigenvalue weighted by molar-refractivity contribution is 14.0. The normalized spacial score (nSPS) is 11.3. The second kappa shape index (κ2) is 11.8. The van der Waals surface area contributed by atoms with Gasteiger partial charge < -0.3 is 14.8 Å². The number of hydrogen-bond acceptors (Lipinski definition) is 2. The minimum atomic E-state index is 0. The Morgan fingerprint density at radius 2 is 1.93 bits per heavy atom. The van der Waals surface area contributed by atoms with Gasteiger partial charge in [0.1, 0.15) is 0 Å². The number of guanidine groups is 1. The Bertz CT molecular complexity index is 928. The summed E-state index contributed by atoms with van der Waals surface area (Å²) in [6.45, 7) is 6.66. The first kappa shape index (κ1) is 24.0. The lowest BCUT2D eigenvalue weighted by Gasteiger charge is -2.22. The van der Waals surface area contributed by atoms with Gasteiger partial charge in [0.05, 0.1) is 17.9 Å². The lowest BCUT2D eigenvalue weighted by atomic mass is 10.1. The topological polar surface area (TPSA) is 50.4 Å². The second-order valence-corrected chi connectivity index (χ2v) is 7.33. The number of hydrogen-bond donors (Lipinski definition) is 1. The molecule has 0 radical (unpaired) electrons. The fraction of sp³-hybridized carbons (Fsp3) is 0.391. The van der Waals surface area contributed by atoms with Crippen LogP contribution in [0.25, 0.3) is 5.69 Å². The van der Waals surface area contributed by atoms with Gasteiger partial charge in [-0.1, -0.05) is 18.2 Å². The molecule has 3 aromatic rings. The number of para-hydroxylation sites is 1. The molecule has 0 aliphatic heterocycles. The van der Waals surface area contributed by atoms with Crippen LogP contribution in [-0.4, -0.2) is 45.3 Å². The quantitative estimate of drug-likeness (QED) is 0.210. The van der Waals surface area contributed by atoms with Crippen molar-refractivity contribution in [3.8, 4) is 5.69 Å². The van der Waals surface area contributed by atoms with Gasteiger partial charge in [-0.15, -0.1) is 24.0 Å².